The third-order valence-electron chi connectivity index (χ3n) is 1.83. The Bertz CT molecular complexity index is 336. The highest BCUT2D eigenvalue weighted by Crippen LogP contribution is 2.14. The molecule has 1 heterocycles. The summed E-state index contributed by atoms with van der Waals surface area (Å²) in [4.78, 5) is 4.22. The fraction of sp³-hybridized carbons (Fsp3) is 0.300. The summed E-state index contributed by atoms with van der Waals surface area (Å²) < 4.78 is 0. The number of hydrogen-bond donors (Lipinski definition) is 2. The Morgan fingerprint density at radius 1 is 1.64 bits per heavy atom. The molecule has 0 fully saturated rings. The van der Waals surface area contributed by atoms with E-state index in [9.17, 15) is 0 Å². The van der Waals surface area contributed by atoms with E-state index in [4.69, 9.17) is 11.6 Å². The zero-order valence-corrected chi connectivity index (χ0v) is 9.15. The van der Waals surface area contributed by atoms with Gasteiger partial charge in [-0.1, -0.05) is 18.2 Å². The normalized spacial score (nSPS) is 9.64. The second-order valence-electron chi connectivity index (χ2n) is 3.02. The molecule has 0 spiro atoms. The molecule has 4 heteroatoms. The van der Waals surface area contributed by atoms with E-state index in [-0.39, 0.29) is 0 Å². The summed E-state index contributed by atoms with van der Waals surface area (Å²) in [5, 5.41) is 6.63. The zero-order chi connectivity index (χ0) is 10.6. The van der Waals surface area contributed by atoms with E-state index in [2.05, 4.69) is 22.2 Å². The maximum Gasteiger partial charge on any atom is 0.0912 e. The average Bonchev–Trinajstić information content (AvgIpc) is 2.16. The average molecular weight is 212 g/mol. The lowest BCUT2D eigenvalue weighted by atomic mass is 10.3. The molecule has 0 aliphatic rings. The molecule has 0 aromatic carbocycles. The predicted octanol–water partition coefficient (Wildman–Crippen LogP) is 1.82. The molecule has 0 aliphatic carbocycles. The number of aryl methyl sites for hydroxylation is 1. The van der Waals surface area contributed by atoms with Crippen LogP contribution in [0.1, 0.15) is 11.3 Å². The predicted molar refractivity (Wildman–Crippen MR) is 59.0 cm³/mol. The molecule has 0 atom stereocenters. The number of halogens is 1. The minimum atomic E-state index is 0.582. The highest BCUT2D eigenvalue weighted by molar-refractivity contribution is 6.31. The third kappa shape index (κ3) is 2.92. The molecule has 3 nitrogen and oxygen atoms in total. The van der Waals surface area contributed by atoms with E-state index in [0.717, 1.165) is 17.1 Å². The molecule has 14 heavy (non-hydrogen) atoms. The maximum absolute atomic E-state index is 6.00. The van der Waals surface area contributed by atoms with Gasteiger partial charge in [-0.3, -0.25) is 4.98 Å². The molecule has 0 unspecified atom stereocenters. The second-order valence-corrected chi connectivity index (χ2v) is 3.43. The van der Waals surface area contributed by atoms with Crippen LogP contribution in [0.5, 0.6) is 0 Å². The monoisotopic (exact) mass is 211 g/mol. The summed E-state index contributed by atoms with van der Waals surface area (Å²) in [5.74, 6) is 0.753. The first-order chi connectivity index (χ1) is 6.63. The molecule has 0 saturated carbocycles. The second kappa shape index (κ2) is 4.86. The van der Waals surface area contributed by atoms with Crippen molar-refractivity contribution in [2.24, 2.45) is 0 Å². The molecule has 0 aliphatic heterocycles. The molecular formula is C10H14ClN3. The molecule has 0 saturated heterocycles. The van der Waals surface area contributed by atoms with Crippen molar-refractivity contribution in [1.82, 2.24) is 15.6 Å². The molecule has 2 N–H and O–H groups in total. The van der Waals surface area contributed by atoms with Gasteiger partial charge in [-0.05, 0) is 18.6 Å². The number of hydrogen-bond acceptors (Lipinski definition) is 3. The molecule has 76 valence electrons. The Hall–Kier alpha value is -1.22. The quantitative estimate of drug-likeness (QED) is 0.798. The van der Waals surface area contributed by atoms with Crippen molar-refractivity contribution in [2.45, 2.75) is 13.5 Å². The Morgan fingerprint density at radius 3 is 2.93 bits per heavy atom. The van der Waals surface area contributed by atoms with Crippen molar-refractivity contribution in [3.05, 3.63) is 40.9 Å². The first-order valence-electron chi connectivity index (χ1n) is 4.35. The number of aromatic nitrogens is 1. The fourth-order valence-corrected chi connectivity index (χ4v) is 1.26. The van der Waals surface area contributed by atoms with Crippen LogP contribution < -0.4 is 10.6 Å². The van der Waals surface area contributed by atoms with Crippen molar-refractivity contribution in [3.8, 4) is 0 Å². The van der Waals surface area contributed by atoms with E-state index in [0.29, 0.717) is 11.6 Å². The highest BCUT2D eigenvalue weighted by Gasteiger charge is 2.01. The van der Waals surface area contributed by atoms with Crippen LogP contribution >= 0.6 is 11.6 Å². The van der Waals surface area contributed by atoms with Gasteiger partial charge in [-0.15, -0.1) is 0 Å². The summed E-state index contributed by atoms with van der Waals surface area (Å²) in [7, 11) is 1.81. The van der Waals surface area contributed by atoms with Crippen molar-refractivity contribution in [1.29, 1.82) is 0 Å². The molecule has 0 radical (unpaired) electrons. The summed E-state index contributed by atoms with van der Waals surface area (Å²) in [6.07, 6.45) is 1.80. The summed E-state index contributed by atoms with van der Waals surface area (Å²) in [6, 6.07) is 1.90. The third-order valence-corrected chi connectivity index (χ3v) is 2.15. The molecule has 0 amide bonds. The van der Waals surface area contributed by atoms with Crippen LogP contribution in [0.15, 0.2) is 24.7 Å². The van der Waals surface area contributed by atoms with Gasteiger partial charge in [0.05, 0.1) is 23.1 Å². The van der Waals surface area contributed by atoms with Crippen molar-refractivity contribution < 1.29 is 0 Å². The Labute approximate surface area is 89.2 Å². The number of nitrogens with zero attached hydrogens (tertiary/aromatic N) is 1. The topological polar surface area (TPSA) is 37.0 Å². The first kappa shape index (κ1) is 10.9. The van der Waals surface area contributed by atoms with Crippen LogP contribution in [0.3, 0.4) is 0 Å². The van der Waals surface area contributed by atoms with Crippen LogP contribution in [-0.4, -0.2) is 12.0 Å². The van der Waals surface area contributed by atoms with Crippen LogP contribution in [0.4, 0.5) is 0 Å². The van der Waals surface area contributed by atoms with Gasteiger partial charge in [0.1, 0.15) is 0 Å². The van der Waals surface area contributed by atoms with Crippen LogP contribution in [0.25, 0.3) is 0 Å². The lowest BCUT2D eigenvalue weighted by Gasteiger charge is -2.09. The molecule has 1 aromatic rings. The lowest BCUT2D eigenvalue weighted by Crippen LogP contribution is -2.22. The van der Waals surface area contributed by atoms with Gasteiger partial charge in [0.15, 0.2) is 0 Å². The van der Waals surface area contributed by atoms with Crippen molar-refractivity contribution in [3.63, 3.8) is 0 Å². The van der Waals surface area contributed by atoms with E-state index in [1.54, 1.807) is 13.2 Å². The summed E-state index contributed by atoms with van der Waals surface area (Å²) in [5.41, 5.74) is 1.89. The Kier molecular flexibility index (Phi) is 3.77. The van der Waals surface area contributed by atoms with Gasteiger partial charge in [0.2, 0.25) is 0 Å². The Morgan fingerprint density at radius 2 is 2.36 bits per heavy atom. The molecule has 0 bridgehead atoms. The number of rotatable bonds is 4. The smallest absolute Gasteiger partial charge is 0.0912 e. The van der Waals surface area contributed by atoms with E-state index >= 15 is 0 Å². The number of pyridine rings is 1. The van der Waals surface area contributed by atoms with E-state index in [1.165, 1.54) is 0 Å². The lowest BCUT2D eigenvalue weighted by molar-refractivity contribution is 0.727. The van der Waals surface area contributed by atoms with Gasteiger partial charge in [-0.2, -0.15) is 0 Å². The van der Waals surface area contributed by atoms with Crippen LogP contribution in [0, 0.1) is 6.92 Å². The van der Waals surface area contributed by atoms with Crippen LogP contribution in [0.2, 0.25) is 5.02 Å². The minimum absolute atomic E-state index is 0.582. The van der Waals surface area contributed by atoms with Gasteiger partial charge in [0, 0.05) is 13.2 Å². The summed E-state index contributed by atoms with van der Waals surface area (Å²) in [6.45, 7) is 6.29. The minimum Gasteiger partial charge on any atom is -0.375 e. The SMILES string of the molecule is C=C(NC)NCc1ncc(C)cc1Cl. The van der Waals surface area contributed by atoms with Crippen molar-refractivity contribution in [2.75, 3.05) is 7.05 Å². The highest BCUT2D eigenvalue weighted by atomic mass is 35.5. The first-order valence-corrected chi connectivity index (χ1v) is 4.73. The number of nitrogens with one attached hydrogen (secondary N) is 2. The summed E-state index contributed by atoms with van der Waals surface area (Å²) >= 11 is 6.00. The Balaban J connectivity index is 2.63. The fourth-order valence-electron chi connectivity index (χ4n) is 0.971. The van der Waals surface area contributed by atoms with Gasteiger partial charge < -0.3 is 10.6 Å². The largest absolute Gasteiger partial charge is 0.375 e. The van der Waals surface area contributed by atoms with Crippen molar-refractivity contribution >= 4 is 11.6 Å². The van der Waals surface area contributed by atoms with Gasteiger partial charge >= 0.3 is 0 Å². The standard InChI is InChI=1S/C10H14ClN3/c1-7-4-9(11)10(14-5-7)6-13-8(2)12-3/h4-5,12-13H,2,6H2,1,3H3. The molecule has 1 rings (SSSR count). The van der Waals surface area contributed by atoms with Crippen LogP contribution in [-0.2, 0) is 6.54 Å². The van der Waals surface area contributed by atoms with E-state index < -0.39 is 0 Å². The molecular weight excluding hydrogens is 198 g/mol. The zero-order valence-electron chi connectivity index (χ0n) is 8.39. The maximum atomic E-state index is 6.00. The van der Waals surface area contributed by atoms with Gasteiger partial charge in [-0.25, -0.2) is 0 Å². The molecule has 1 aromatic heterocycles. The van der Waals surface area contributed by atoms with Gasteiger partial charge in [0.25, 0.3) is 0 Å². The van der Waals surface area contributed by atoms with E-state index in [1.807, 2.05) is 13.0 Å².